The molecular formula is C16H23ClN2O2. The van der Waals surface area contributed by atoms with Crippen LogP contribution in [0.5, 0.6) is 5.75 Å². The molecule has 2 rings (SSSR count). The molecule has 1 fully saturated rings. The third kappa shape index (κ3) is 4.11. The number of benzene rings is 1. The highest BCUT2D eigenvalue weighted by atomic mass is 35.5. The van der Waals surface area contributed by atoms with Gasteiger partial charge in [0.25, 0.3) is 5.91 Å². The standard InChI is InChI=1S/C16H23ClN2O2/c1-11(2)9-18-10-12-5-4-6-13(17)15(12)21-14-7-8-19(3)16(14)20/h4-6,11,14,18H,7-10H2,1-3H3. The second kappa shape index (κ2) is 7.14. The van der Waals surface area contributed by atoms with Crippen molar-refractivity contribution < 1.29 is 9.53 Å². The molecule has 0 bridgehead atoms. The van der Waals surface area contributed by atoms with Crippen molar-refractivity contribution in [3.8, 4) is 5.75 Å². The Balaban J connectivity index is 2.08. The fourth-order valence-electron chi connectivity index (χ4n) is 2.36. The zero-order valence-electron chi connectivity index (χ0n) is 12.9. The van der Waals surface area contributed by atoms with E-state index in [1.807, 2.05) is 12.1 Å². The molecule has 1 aliphatic rings. The topological polar surface area (TPSA) is 41.6 Å². The first-order valence-electron chi connectivity index (χ1n) is 7.38. The summed E-state index contributed by atoms with van der Waals surface area (Å²) in [5, 5.41) is 3.94. The molecule has 1 heterocycles. The van der Waals surface area contributed by atoms with Gasteiger partial charge in [-0.1, -0.05) is 37.6 Å². The molecule has 0 aliphatic carbocycles. The summed E-state index contributed by atoms with van der Waals surface area (Å²) >= 11 is 6.26. The number of hydrogen-bond donors (Lipinski definition) is 1. The monoisotopic (exact) mass is 310 g/mol. The van der Waals surface area contributed by atoms with Crippen molar-refractivity contribution in [2.24, 2.45) is 5.92 Å². The van der Waals surface area contributed by atoms with Gasteiger partial charge < -0.3 is 15.0 Å². The van der Waals surface area contributed by atoms with Crippen LogP contribution in [0, 0.1) is 5.92 Å². The lowest BCUT2D eigenvalue weighted by atomic mass is 10.1. The van der Waals surface area contributed by atoms with Crippen LogP contribution in [0.25, 0.3) is 0 Å². The summed E-state index contributed by atoms with van der Waals surface area (Å²) in [4.78, 5) is 13.7. The van der Waals surface area contributed by atoms with Gasteiger partial charge in [-0.2, -0.15) is 0 Å². The van der Waals surface area contributed by atoms with E-state index >= 15 is 0 Å². The summed E-state index contributed by atoms with van der Waals surface area (Å²) in [5.41, 5.74) is 0.991. The Bertz CT molecular complexity index is 505. The van der Waals surface area contributed by atoms with Crippen LogP contribution in [0.3, 0.4) is 0 Å². The second-order valence-corrected chi connectivity index (χ2v) is 6.31. The van der Waals surface area contributed by atoms with Gasteiger partial charge in [0, 0.05) is 32.1 Å². The first kappa shape index (κ1) is 16.1. The normalized spacial score (nSPS) is 18.6. The Labute approximate surface area is 131 Å². The third-order valence-corrected chi connectivity index (χ3v) is 3.85. The molecule has 0 radical (unpaired) electrons. The van der Waals surface area contributed by atoms with Crippen LogP contribution in [0.15, 0.2) is 18.2 Å². The number of likely N-dealkylation sites (N-methyl/N-ethyl adjacent to an activating group) is 1. The molecule has 116 valence electrons. The van der Waals surface area contributed by atoms with Crippen molar-refractivity contribution in [2.75, 3.05) is 20.1 Å². The molecule has 5 heteroatoms. The van der Waals surface area contributed by atoms with Gasteiger partial charge in [0.2, 0.25) is 0 Å². The van der Waals surface area contributed by atoms with Crippen LogP contribution in [-0.2, 0) is 11.3 Å². The Kier molecular flexibility index (Phi) is 5.48. The van der Waals surface area contributed by atoms with Gasteiger partial charge in [0.15, 0.2) is 6.10 Å². The summed E-state index contributed by atoms with van der Waals surface area (Å²) in [6.07, 6.45) is 0.290. The van der Waals surface area contributed by atoms with Crippen molar-refractivity contribution in [3.05, 3.63) is 28.8 Å². The fraction of sp³-hybridized carbons (Fsp3) is 0.562. The molecule has 1 atom stereocenters. The Morgan fingerprint density at radius 3 is 2.86 bits per heavy atom. The zero-order chi connectivity index (χ0) is 15.4. The Hall–Kier alpha value is -1.26. The van der Waals surface area contributed by atoms with Gasteiger partial charge in [-0.05, 0) is 18.5 Å². The van der Waals surface area contributed by atoms with Crippen LogP contribution < -0.4 is 10.1 Å². The number of ether oxygens (including phenoxy) is 1. The third-order valence-electron chi connectivity index (χ3n) is 3.56. The van der Waals surface area contributed by atoms with E-state index in [2.05, 4.69) is 19.2 Å². The molecular weight excluding hydrogens is 288 g/mol. The lowest BCUT2D eigenvalue weighted by Gasteiger charge is -2.18. The molecule has 1 aromatic rings. The molecule has 1 aliphatic heterocycles. The average molecular weight is 311 g/mol. The van der Waals surface area contributed by atoms with Crippen LogP contribution in [0.2, 0.25) is 5.02 Å². The number of nitrogens with zero attached hydrogens (tertiary/aromatic N) is 1. The van der Waals surface area contributed by atoms with E-state index < -0.39 is 6.10 Å². The number of carbonyl (C=O) groups is 1. The lowest BCUT2D eigenvalue weighted by Crippen LogP contribution is -2.30. The van der Waals surface area contributed by atoms with Gasteiger partial charge in [-0.15, -0.1) is 0 Å². The molecule has 1 aromatic carbocycles. The van der Waals surface area contributed by atoms with Crippen molar-refractivity contribution in [1.82, 2.24) is 10.2 Å². The van der Waals surface area contributed by atoms with Gasteiger partial charge in [0.1, 0.15) is 5.75 Å². The highest BCUT2D eigenvalue weighted by Crippen LogP contribution is 2.31. The van der Waals surface area contributed by atoms with Gasteiger partial charge in [-0.25, -0.2) is 0 Å². The summed E-state index contributed by atoms with van der Waals surface area (Å²) in [7, 11) is 1.80. The molecule has 4 nitrogen and oxygen atoms in total. The van der Waals surface area contributed by atoms with Gasteiger partial charge >= 0.3 is 0 Å². The minimum absolute atomic E-state index is 0.0241. The molecule has 21 heavy (non-hydrogen) atoms. The maximum Gasteiger partial charge on any atom is 0.263 e. The van der Waals surface area contributed by atoms with E-state index in [9.17, 15) is 4.79 Å². The number of amides is 1. The maximum absolute atomic E-state index is 12.0. The molecule has 1 saturated heterocycles. The fourth-order valence-corrected chi connectivity index (χ4v) is 2.60. The predicted octanol–water partition coefficient (Wildman–Crippen LogP) is 2.70. The van der Waals surface area contributed by atoms with Crippen LogP contribution in [-0.4, -0.2) is 37.0 Å². The van der Waals surface area contributed by atoms with E-state index in [4.69, 9.17) is 16.3 Å². The highest BCUT2D eigenvalue weighted by Gasteiger charge is 2.31. The number of halogens is 1. The number of rotatable bonds is 6. The minimum Gasteiger partial charge on any atom is -0.479 e. The molecule has 0 aromatic heterocycles. The second-order valence-electron chi connectivity index (χ2n) is 5.91. The zero-order valence-corrected chi connectivity index (χ0v) is 13.6. The van der Waals surface area contributed by atoms with E-state index in [1.165, 1.54) is 0 Å². The number of para-hydroxylation sites is 1. The molecule has 0 spiro atoms. The SMILES string of the molecule is CC(C)CNCc1cccc(Cl)c1OC1CCN(C)C1=O. The predicted molar refractivity (Wildman–Crippen MR) is 84.7 cm³/mol. The van der Waals surface area contributed by atoms with Crippen molar-refractivity contribution >= 4 is 17.5 Å². The molecule has 1 amide bonds. The van der Waals surface area contributed by atoms with Crippen LogP contribution in [0.4, 0.5) is 0 Å². The van der Waals surface area contributed by atoms with Crippen molar-refractivity contribution in [3.63, 3.8) is 0 Å². The van der Waals surface area contributed by atoms with Crippen LogP contribution >= 0.6 is 11.6 Å². The molecule has 1 unspecified atom stereocenters. The summed E-state index contributed by atoms with van der Waals surface area (Å²) < 4.78 is 5.91. The quantitative estimate of drug-likeness (QED) is 0.878. The van der Waals surface area contributed by atoms with Crippen molar-refractivity contribution in [2.45, 2.75) is 32.9 Å². The largest absolute Gasteiger partial charge is 0.479 e. The number of nitrogens with one attached hydrogen (secondary N) is 1. The van der Waals surface area contributed by atoms with E-state index in [0.29, 0.717) is 29.7 Å². The van der Waals surface area contributed by atoms with Crippen molar-refractivity contribution in [1.29, 1.82) is 0 Å². The average Bonchev–Trinajstić information content (AvgIpc) is 2.74. The Morgan fingerprint density at radius 2 is 2.24 bits per heavy atom. The van der Waals surface area contributed by atoms with Gasteiger partial charge in [0.05, 0.1) is 5.02 Å². The molecule has 1 N–H and O–H groups in total. The van der Waals surface area contributed by atoms with E-state index in [1.54, 1.807) is 18.0 Å². The number of hydrogen-bond acceptors (Lipinski definition) is 3. The van der Waals surface area contributed by atoms with Crippen LogP contribution in [0.1, 0.15) is 25.8 Å². The number of likely N-dealkylation sites (tertiary alicyclic amines) is 1. The lowest BCUT2D eigenvalue weighted by molar-refractivity contribution is -0.132. The summed E-state index contributed by atoms with van der Waals surface area (Å²) in [6, 6.07) is 5.69. The summed E-state index contributed by atoms with van der Waals surface area (Å²) in [5.74, 6) is 1.23. The van der Waals surface area contributed by atoms with Gasteiger partial charge in [-0.3, -0.25) is 4.79 Å². The van der Waals surface area contributed by atoms with E-state index in [-0.39, 0.29) is 5.91 Å². The smallest absolute Gasteiger partial charge is 0.263 e. The maximum atomic E-state index is 12.0. The summed E-state index contributed by atoms with van der Waals surface area (Å²) in [6.45, 7) is 6.67. The minimum atomic E-state index is -0.418. The highest BCUT2D eigenvalue weighted by molar-refractivity contribution is 6.32. The first-order valence-corrected chi connectivity index (χ1v) is 7.76. The Morgan fingerprint density at radius 1 is 1.48 bits per heavy atom. The first-order chi connectivity index (χ1) is 9.99. The number of carbonyl (C=O) groups excluding carboxylic acids is 1. The molecule has 0 saturated carbocycles. The van der Waals surface area contributed by atoms with E-state index in [0.717, 1.165) is 18.7 Å².